The summed E-state index contributed by atoms with van der Waals surface area (Å²) < 4.78 is 38.2. The van der Waals surface area contributed by atoms with Gasteiger partial charge < -0.3 is 4.90 Å². The van der Waals surface area contributed by atoms with Gasteiger partial charge in [0, 0.05) is 32.4 Å². The van der Waals surface area contributed by atoms with Gasteiger partial charge in [0.05, 0.1) is 24.1 Å². The van der Waals surface area contributed by atoms with E-state index >= 15 is 0 Å². The number of fused-ring (bicyclic) bond motifs is 1. The molecule has 3 aliphatic rings. The SMILES string of the molecule is O=C1C2CCCCC2C(=O)N1CN1CCCN(c2ccc(C(F)(F)F)cn2)CC1. The van der Waals surface area contributed by atoms with E-state index in [1.165, 1.54) is 11.0 Å². The summed E-state index contributed by atoms with van der Waals surface area (Å²) in [5, 5.41) is 0. The van der Waals surface area contributed by atoms with Gasteiger partial charge in [0.15, 0.2) is 0 Å². The number of hydrogen-bond acceptors (Lipinski definition) is 5. The highest BCUT2D eigenvalue weighted by Gasteiger charge is 2.48. The molecule has 2 unspecified atom stereocenters. The zero-order valence-electron chi connectivity index (χ0n) is 16.2. The van der Waals surface area contributed by atoms with E-state index in [1.54, 1.807) is 0 Å². The Bertz CT molecular complexity index is 744. The normalized spacial score (nSPS) is 26.6. The van der Waals surface area contributed by atoms with Gasteiger partial charge in [-0.05, 0) is 31.4 Å². The number of hydrogen-bond donors (Lipinski definition) is 0. The van der Waals surface area contributed by atoms with Crippen LogP contribution in [0.5, 0.6) is 0 Å². The predicted octanol–water partition coefficient (Wildman–Crippen LogP) is 2.75. The second-order valence-corrected chi connectivity index (χ2v) is 8.10. The summed E-state index contributed by atoms with van der Waals surface area (Å²) in [6.45, 7) is 2.90. The Labute approximate surface area is 167 Å². The number of anilines is 1. The Balaban J connectivity index is 1.37. The Morgan fingerprint density at radius 1 is 0.931 bits per heavy atom. The highest BCUT2D eigenvalue weighted by Crippen LogP contribution is 2.38. The van der Waals surface area contributed by atoms with Crippen LogP contribution in [-0.2, 0) is 15.8 Å². The lowest BCUT2D eigenvalue weighted by molar-refractivity contribution is -0.142. The summed E-state index contributed by atoms with van der Waals surface area (Å²) in [5.74, 6) is 0.154. The Kier molecular flexibility index (Phi) is 5.50. The van der Waals surface area contributed by atoms with Crippen LogP contribution in [0, 0.1) is 11.8 Å². The number of rotatable bonds is 3. The molecule has 2 saturated heterocycles. The van der Waals surface area contributed by atoms with Crippen molar-refractivity contribution < 1.29 is 22.8 Å². The number of carbonyl (C=O) groups is 2. The largest absolute Gasteiger partial charge is 0.417 e. The molecule has 1 aromatic rings. The minimum Gasteiger partial charge on any atom is -0.355 e. The standard InChI is InChI=1S/C20H25F3N4O2/c21-20(22,23)14-6-7-17(24-12-14)26-9-3-8-25(10-11-26)13-27-18(28)15-4-1-2-5-16(15)19(27)29/h6-7,12,15-16H,1-5,8-11,13H2. The molecule has 0 bridgehead atoms. The van der Waals surface area contributed by atoms with Gasteiger partial charge in [0.25, 0.3) is 0 Å². The second-order valence-electron chi connectivity index (χ2n) is 8.10. The van der Waals surface area contributed by atoms with Crippen molar-refractivity contribution >= 4 is 17.6 Å². The van der Waals surface area contributed by atoms with Crippen molar-refractivity contribution in [1.29, 1.82) is 0 Å². The van der Waals surface area contributed by atoms with Gasteiger partial charge >= 0.3 is 6.18 Å². The topological polar surface area (TPSA) is 56.8 Å². The van der Waals surface area contributed by atoms with Crippen molar-refractivity contribution in [3.05, 3.63) is 23.9 Å². The average Bonchev–Trinajstić information content (AvgIpc) is 2.87. The number of nitrogens with zero attached hydrogens (tertiary/aromatic N) is 4. The van der Waals surface area contributed by atoms with Crippen LogP contribution in [-0.4, -0.2) is 59.4 Å². The number of amides is 2. The maximum atomic E-state index is 12.7. The lowest BCUT2D eigenvalue weighted by Gasteiger charge is -2.26. The molecule has 0 aromatic carbocycles. The minimum absolute atomic E-state index is 0.0368. The average molecular weight is 410 g/mol. The van der Waals surface area contributed by atoms with Crippen molar-refractivity contribution in [2.24, 2.45) is 11.8 Å². The molecule has 1 aromatic heterocycles. The van der Waals surface area contributed by atoms with Crippen LogP contribution in [0.25, 0.3) is 0 Å². The summed E-state index contributed by atoms with van der Waals surface area (Å²) in [6, 6.07) is 2.45. The summed E-state index contributed by atoms with van der Waals surface area (Å²) >= 11 is 0. The van der Waals surface area contributed by atoms with Crippen molar-refractivity contribution in [2.75, 3.05) is 37.7 Å². The number of pyridine rings is 1. The fourth-order valence-electron chi connectivity index (χ4n) is 4.65. The van der Waals surface area contributed by atoms with Crippen molar-refractivity contribution in [3.63, 3.8) is 0 Å². The molecule has 0 radical (unpaired) electrons. The number of likely N-dealkylation sites (tertiary alicyclic amines) is 1. The fraction of sp³-hybridized carbons (Fsp3) is 0.650. The van der Waals surface area contributed by atoms with Gasteiger partial charge in [-0.3, -0.25) is 19.4 Å². The summed E-state index contributed by atoms with van der Waals surface area (Å²) in [7, 11) is 0. The molecule has 1 saturated carbocycles. The number of alkyl halides is 3. The van der Waals surface area contributed by atoms with E-state index in [0.717, 1.165) is 50.9 Å². The molecular formula is C20H25F3N4O2. The smallest absolute Gasteiger partial charge is 0.355 e. The van der Waals surface area contributed by atoms with Crippen LogP contribution >= 0.6 is 0 Å². The predicted molar refractivity (Wildman–Crippen MR) is 99.8 cm³/mol. The third kappa shape index (κ3) is 4.10. The summed E-state index contributed by atoms with van der Waals surface area (Å²) in [4.78, 5) is 34.8. The number of halogens is 3. The maximum Gasteiger partial charge on any atom is 0.417 e. The molecule has 29 heavy (non-hydrogen) atoms. The van der Waals surface area contributed by atoms with Crippen molar-refractivity contribution in [1.82, 2.24) is 14.8 Å². The summed E-state index contributed by atoms with van der Waals surface area (Å²) in [5.41, 5.74) is -0.759. The van der Waals surface area contributed by atoms with E-state index in [4.69, 9.17) is 0 Å². The van der Waals surface area contributed by atoms with Gasteiger partial charge in [-0.15, -0.1) is 0 Å². The van der Waals surface area contributed by atoms with Gasteiger partial charge in [-0.25, -0.2) is 4.98 Å². The van der Waals surface area contributed by atoms with E-state index in [0.29, 0.717) is 32.1 Å². The van der Waals surface area contributed by atoms with Crippen LogP contribution in [0.3, 0.4) is 0 Å². The van der Waals surface area contributed by atoms with Gasteiger partial charge in [-0.1, -0.05) is 12.8 Å². The zero-order valence-corrected chi connectivity index (χ0v) is 16.2. The number of imide groups is 1. The van der Waals surface area contributed by atoms with Crippen LogP contribution in [0.2, 0.25) is 0 Å². The molecule has 2 atom stereocenters. The quantitative estimate of drug-likeness (QED) is 0.718. The molecule has 6 nitrogen and oxygen atoms in total. The maximum absolute atomic E-state index is 12.7. The van der Waals surface area contributed by atoms with Crippen LogP contribution in [0.15, 0.2) is 18.3 Å². The molecule has 3 heterocycles. The highest BCUT2D eigenvalue weighted by atomic mass is 19.4. The van der Waals surface area contributed by atoms with E-state index in [1.807, 2.05) is 4.90 Å². The first-order valence-corrected chi connectivity index (χ1v) is 10.2. The molecular weight excluding hydrogens is 385 g/mol. The molecule has 0 spiro atoms. The van der Waals surface area contributed by atoms with Crippen molar-refractivity contribution in [2.45, 2.75) is 38.3 Å². The third-order valence-corrected chi connectivity index (χ3v) is 6.26. The highest BCUT2D eigenvalue weighted by molar-refractivity contribution is 6.05. The first-order valence-electron chi connectivity index (χ1n) is 10.2. The molecule has 158 valence electrons. The molecule has 2 aliphatic heterocycles. The van der Waals surface area contributed by atoms with Crippen LogP contribution < -0.4 is 4.90 Å². The van der Waals surface area contributed by atoms with Gasteiger partial charge in [0.2, 0.25) is 11.8 Å². The minimum atomic E-state index is -4.40. The molecule has 3 fully saturated rings. The number of aromatic nitrogens is 1. The Morgan fingerprint density at radius 2 is 1.62 bits per heavy atom. The fourth-order valence-corrected chi connectivity index (χ4v) is 4.65. The number of carbonyl (C=O) groups excluding carboxylic acids is 2. The molecule has 2 amide bonds. The third-order valence-electron chi connectivity index (χ3n) is 6.26. The van der Waals surface area contributed by atoms with Crippen molar-refractivity contribution in [3.8, 4) is 0 Å². The van der Waals surface area contributed by atoms with Crippen LogP contribution in [0.1, 0.15) is 37.7 Å². The van der Waals surface area contributed by atoms with Gasteiger partial charge in [-0.2, -0.15) is 13.2 Å². The molecule has 1 aliphatic carbocycles. The van der Waals surface area contributed by atoms with E-state index < -0.39 is 11.7 Å². The van der Waals surface area contributed by atoms with E-state index in [9.17, 15) is 22.8 Å². The van der Waals surface area contributed by atoms with E-state index in [2.05, 4.69) is 9.88 Å². The summed E-state index contributed by atoms with van der Waals surface area (Å²) in [6.07, 6.45) is 0.873. The lowest BCUT2D eigenvalue weighted by Crippen LogP contribution is -2.43. The molecule has 9 heteroatoms. The lowest BCUT2D eigenvalue weighted by atomic mass is 9.81. The monoisotopic (exact) mass is 410 g/mol. The zero-order chi connectivity index (χ0) is 20.6. The second kappa shape index (κ2) is 7.93. The first-order chi connectivity index (χ1) is 13.8. The van der Waals surface area contributed by atoms with E-state index in [-0.39, 0.29) is 23.7 Å². The Morgan fingerprint density at radius 3 is 2.21 bits per heavy atom. The molecule has 0 N–H and O–H groups in total. The van der Waals surface area contributed by atoms with Crippen LogP contribution in [0.4, 0.5) is 19.0 Å². The Hall–Kier alpha value is -2.16. The molecule has 4 rings (SSSR count). The first kappa shape index (κ1) is 20.1. The van der Waals surface area contributed by atoms with Gasteiger partial charge in [0.1, 0.15) is 5.82 Å².